The van der Waals surface area contributed by atoms with Crippen LogP contribution < -0.4 is 4.74 Å². The van der Waals surface area contributed by atoms with Crippen LogP contribution in [0.2, 0.25) is 5.02 Å². The van der Waals surface area contributed by atoms with Gasteiger partial charge in [-0.05, 0) is 37.1 Å². The summed E-state index contributed by atoms with van der Waals surface area (Å²) in [6, 6.07) is 7.65. The van der Waals surface area contributed by atoms with Gasteiger partial charge < -0.3 is 4.74 Å². The van der Waals surface area contributed by atoms with E-state index in [0.29, 0.717) is 5.41 Å². The minimum absolute atomic E-state index is 0.316. The van der Waals surface area contributed by atoms with Gasteiger partial charge in [-0.15, -0.1) is 0 Å². The van der Waals surface area contributed by atoms with Crippen molar-refractivity contribution in [2.75, 3.05) is 11.9 Å². The summed E-state index contributed by atoms with van der Waals surface area (Å²) >= 11 is 9.56. The summed E-state index contributed by atoms with van der Waals surface area (Å²) < 4.78 is 5.96. The lowest BCUT2D eigenvalue weighted by Gasteiger charge is -2.30. The highest BCUT2D eigenvalue weighted by molar-refractivity contribution is 9.09. The number of hydrogen-bond acceptors (Lipinski definition) is 1. The SMILES string of the molecule is Clc1ccc(OCC2(CBr)CCCCCC2)cc1. The number of rotatable bonds is 4. The van der Waals surface area contributed by atoms with Gasteiger partial charge in [0.05, 0.1) is 6.61 Å². The molecule has 1 aliphatic carbocycles. The Balaban J connectivity index is 1.95. The molecule has 0 N–H and O–H groups in total. The first kappa shape index (κ1) is 14.2. The first-order valence-corrected chi connectivity index (χ1v) is 8.18. The third-order valence-corrected chi connectivity index (χ3v) is 5.25. The molecule has 1 saturated carbocycles. The van der Waals surface area contributed by atoms with E-state index in [1.54, 1.807) is 0 Å². The second-order valence-corrected chi connectivity index (χ2v) is 6.29. The highest BCUT2D eigenvalue weighted by Crippen LogP contribution is 2.37. The molecule has 0 radical (unpaired) electrons. The van der Waals surface area contributed by atoms with E-state index >= 15 is 0 Å². The molecule has 1 aromatic carbocycles. The van der Waals surface area contributed by atoms with E-state index in [-0.39, 0.29) is 0 Å². The Hall–Kier alpha value is -0.210. The maximum Gasteiger partial charge on any atom is 0.119 e. The number of alkyl halides is 1. The van der Waals surface area contributed by atoms with Gasteiger partial charge in [-0.3, -0.25) is 0 Å². The summed E-state index contributed by atoms with van der Waals surface area (Å²) in [4.78, 5) is 0. The maximum atomic E-state index is 5.96. The minimum Gasteiger partial charge on any atom is -0.493 e. The van der Waals surface area contributed by atoms with Gasteiger partial charge in [0.2, 0.25) is 0 Å². The van der Waals surface area contributed by atoms with Crippen molar-refractivity contribution in [1.29, 1.82) is 0 Å². The maximum absolute atomic E-state index is 5.96. The Labute approximate surface area is 123 Å². The quantitative estimate of drug-likeness (QED) is 0.526. The van der Waals surface area contributed by atoms with Gasteiger partial charge in [-0.2, -0.15) is 0 Å². The zero-order chi connectivity index (χ0) is 12.8. The molecular formula is C15H20BrClO. The normalized spacial score (nSPS) is 19.2. The average Bonchev–Trinajstić information content (AvgIpc) is 2.64. The largest absolute Gasteiger partial charge is 0.493 e. The van der Waals surface area contributed by atoms with Crippen LogP contribution in [-0.4, -0.2) is 11.9 Å². The molecule has 100 valence electrons. The predicted molar refractivity (Wildman–Crippen MR) is 80.9 cm³/mol. The van der Waals surface area contributed by atoms with E-state index in [4.69, 9.17) is 16.3 Å². The van der Waals surface area contributed by atoms with Gasteiger partial charge in [0.15, 0.2) is 0 Å². The van der Waals surface area contributed by atoms with Crippen molar-refractivity contribution in [2.24, 2.45) is 5.41 Å². The number of ether oxygens (including phenoxy) is 1. The Morgan fingerprint density at radius 2 is 1.67 bits per heavy atom. The molecule has 1 nitrogen and oxygen atoms in total. The van der Waals surface area contributed by atoms with Crippen molar-refractivity contribution in [3.05, 3.63) is 29.3 Å². The molecule has 0 aliphatic heterocycles. The molecule has 0 heterocycles. The molecular weight excluding hydrogens is 312 g/mol. The second-order valence-electron chi connectivity index (χ2n) is 5.29. The molecule has 18 heavy (non-hydrogen) atoms. The lowest BCUT2D eigenvalue weighted by Crippen LogP contribution is -2.29. The predicted octanol–water partition coefficient (Wildman–Crippen LogP) is 5.45. The third-order valence-electron chi connectivity index (χ3n) is 3.81. The average molecular weight is 332 g/mol. The van der Waals surface area contributed by atoms with Crippen LogP contribution in [0.1, 0.15) is 38.5 Å². The fraction of sp³-hybridized carbons (Fsp3) is 0.600. The Kier molecular flexibility index (Phi) is 5.38. The van der Waals surface area contributed by atoms with E-state index in [9.17, 15) is 0 Å². The number of halogens is 2. The van der Waals surface area contributed by atoms with Crippen LogP contribution in [0.5, 0.6) is 5.75 Å². The summed E-state index contributed by atoms with van der Waals surface area (Å²) in [5.74, 6) is 0.920. The molecule has 2 rings (SSSR count). The molecule has 3 heteroatoms. The van der Waals surface area contributed by atoms with E-state index in [1.165, 1.54) is 38.5 Å². The Morgan fingerprint density at radius 1 is 1.06 bits per heavy atom. The fourth-order valence-corrected chi connectivity index (χ4v) is 3.41. The molecule has 1 aromatic rings. The van der Waals surface area contributed by atoms with Crippen LogP contribution in [0.25, 0.3) is 0 Å². The number of benzene rings is 1. The van der Waals surface area contributed by atoms with Crippen LogP contribution in [-0.2, 0) is 0 Å². The van der Waals surface area contributed by atoms with Crippen molar-refractivity contribution >= 4 is 27.5 Å². The Morgan fingerprint density at radius 3 is 2.22 bits per heavy atom. The summed E-state index contributed by atoms with van der Waals surface area (Å²) in [7, 11) is 0. The lowest BCUT2D eigenvalue weighted by molar-refractivity contribution is 0.149. The van der Waals surface area contributed by atoms with E-state index in [2.05, 4.69) is 15.9 Å². The van der Waals surface area contributed by atoms with Gasteiger partial charge in [-0.25, -0.2) is 0 Å². The van der Waals surface area contributed by atoms with Crippen molar-refractivity contribution in [2.45, 2.75) is 38.5 Å². The summed E-state index contributed by atoms with van der Waals surface area (Å²) in [6.07, 6.45) is 7.94. The number of hydrogen-bond donors (Lipinski definition) is 0. The standard InChI is InChI=1S/C15H20BrClO/c16-11-15(9-3-1-2-4-10-15)12-18-14-7-5-13(17)6-8-14/h5-8H,1-4,9-12H2. The van der Waals surface area contributed by atoms with Crippen molar-refractivity contribution in [3.8, 4) is 5.75 Å². The van der Waals surface area contributed by atoms with Crippen LogP contribution in [0.3, 0.4) is 0 Å². The molecule has 1 fully saturated rings. The van der Waals surface area contributed by atoms with Crippen LogP contribution in [0, 0.1) is 5.41 Å². The molecule has 0 spiro atoms. The molecule has 0 saturated heterocycles. The summed E-state index contributed by atoms with van der Waals surface area (Å²) in [5.41, 5.74) is 0.316. The van der Waals surface area contributed by atoms with E-state index in [0.717, 1.165) is 22.7 Å². The lowest BCUT2D eigenvalue weighted by atomic mass is 9.83. The molecule has 0 amide bonds. The van der Waals surface area contributed by atoms with Crippen molar-refractivity contribution < 1.29 is 4.74 Å². The molecule has 0 unspecified atom stereocenters. The van der Waals surface area contributed by atoms with E-state index < -0.39 is 0 Å². The van der Waals surface area contributed by atoms with E-state index in [1.807, 2.05) is 24.3 Å². The topological polar surface area (TPSA) is 9.23 Å². The molecule has 0 atom stereocenters. The first-order valence-electron chi connectivity index (χ1n) is 6.68. The van der Waals surface area contributed by atoms with Gasteiger partial charge in [0.1, 0.15) is 5.75 Å². The smallest absolute Gasteiger partial charge is 0.119 e. The highest BCUT2D eigenvalue weighted by Gasteiger charge is 2.30. The zero-order valence-electron chi connectivity index (χ0n) is 10.6. The van der Waals surface area contributed by atoms with Crippen molar-refractivity contribution in [1.82, 2.24) is 0 Å². The monoisotopic (exact) mass is 330 g/mol. The van der Waals surface area contributed by atoms with Crippen LogP contribution in [0.15, 0.2) is 24.3 Å². The van der Waals surface area contributed by atoms with Gasteiger partial charge in [0, 0.05) is 15.8 Å². The van der Waals surface area contributed by atoms with Gasteiger partial charge in [-0.1, -0.05) is 53.2 Å². The van der Waals surface area contributed by atoms with Crippen LogP contribution in [0.4, 0.5) is 0 Å². The highest BCUT2D eigenvalue weighted by atomic mass is 79.9. The van der Waals surface area contributed by atoms with Crippen LogP contribution >= 0.6 is 27.5 Å². The van der Waals surface area contributed by atoms with Crippen molar-refractivity contribution in [3.63, 3.8) is 0 Å². The third kappa shape index (κ3) is 3.89. The second kappa shape index (κ2) is 6.81. The first-order chi connectivity index (χ1) is 8.74. The molecule has 0 aromatic heterocycles. The van der Waals surface area contributed by atoms with Gasteiger partial charge in [0.25, 0.3) is 0 Å². The summed E-state index contributed by atoms with van der Waals surface area (Å²) in [5, 5.41) is 1.79. The van der Waals surface area contributed by atoms with Gasteiger partial charge >= 0.3 is 0 Å². The summed E-state index contributed by atoms with van der Waals surface area (Å²) in [6.45, 7) is 0.805. The Bertz CT molecular complexity index is 355. The zero-order valence-corrected chi connectivity index (χ0v) is 13.0. The minimum atomic E-state index is 0.316. The molecule has 1 aliphatic rings. The fourth-order valence-electron chi connectivity index (χ4n) is 2.56. The molecule has 0 bridgehead atoms.